The lowest BCUT2D eigenvalue weighted by atomic mass is 10.0. The van der Waals surface area contributed by atoms with E-state index in [1.165, 1.54) is 0 Å². The zero-order chi connectivity index (χ0) is 11.8. The van der Waals surface area contributed by atoms with Gasteiger partial charge in [0.25, 0.3) is 5.89 Å². The SMILES string of the molecule is CCC(C)(N)c1noc(-c2cn[nH]c2C)n1. The van der Waals surface area contributed by atoms with Crippen LogP contribution in [0, 0.1) is 6.92 Å². The molecule has 0 amide bonds. The fourth-order valence-corrected chi connectivity index (χ4v) is 1.29. The van der Waals surface area contributed by atoms with Crippen molar-refractivity contribution in [3.8, 4) is 11.5 Å². The Labute approximate surface area is 93.2 Å². The topological polar surface area (TPSA) is 93.6 Å². The average molecular weight is 221 g/mol. The zero-order valence-electron chi connectivity index (χ0n) is 9.61. The highest BCUT2D eigenvalue weighted by molar-refractivity contribution is 5.54. The number of aryl methyl sites for hydroxylation is 1. The van der Waals surface area contributed by atoms with Crippen molar-refractivity contribution in [3.05, 3.63) is 17.7 Å². The summed E-state index contributed by atoms with van der Waals surface area (Å²) < 4.78 is 5.18. The molecule has 2 aromatic heterocycles. The molecule has 86 valence electrons. The highest BCUT2D eigenvalue weighted by Gasteiger charge is 2.26. The Balaban J connectivity index is 2.37. The van der Waals surface area contributed by atoms with E-state index >= 15 is 0 Å². The van der Waals surface area contributed by atoms with Crippen LogP contribution in [-0.2, 0) is 5.54 Å². The van der Waals surface area contributed by atoms with Crippen LogP contribution >= 0.6 is 0 Å². The van der Waals surface area contributed by atoms with Gasteiger partial charge in [-0.1, -0.05) is 12.1 Å². The number of hydrogen-bond acceptors (Lipinski definition) is 5. The molecule has 0 fully saturated rings. The van der Waals surface area contributed by atoms with Crippen molar-refractivity contribution in [3.63, 3.8) is 0 Å². The third-order valence-electron chi connectivity index (χ3n) is 2.73. The van der Waals surface area contributed by atoms with E-state index in [2.05, 4.69) is 20.3 Å². The number of H-pyrrole nitrogens is 1. The normalized spacial score (nSPS) is 15.0. The van der Waals surface area contributed by atoms with Crippen LogP contribution < -0.4 is 5.73 Å². The molecule has 6 nitrogen and oxygen atoms in total. The van der Waals surface area contributed by atoms with E-state index in [0.29, 0.717) is 11.7 Å². The summed E-state index contributed by atoms with van der Waals surface area (Å²) >= 11 is 0. The molecule has 0 radical (unpaired) electrons. The summed E-state index contributed by atoms with van der Waals surface area (Å²) in [5, 5.41) is 10.6. The second kappa shape index (κ2) is 3.71. The molecule has 2 rings (SSSR count). The van der Waals surface area contributed by atoms with Gasteiger partial charge in [-0.15, -0.1) is 0 Å². The highest BCUT2D eigenvalue weighted by Crippen LogP contribution is 2.23. The van der Waals surface area contributed by atoms with Crippen molar-refractivity contribution in [1.82, 2.24) is 20.3 Å². The van der Waals surface area contributed by atoms with Gasteiger partial charge in [0.05, 0.1) is 17.3 Å². The number of nitrogens with zero attached hydrogens (tertiary/aromatic N) is 3. The highest BCUT2D eigenvalue weighted by atomic mass is 16.5. The Hall–Kier alpha value is -1.69. The fourth-order valence-electron chi connectivity index (χ4n) is 1.29. The van der Waals surface area contributed by atoms with Gasteiger partial charge in [-0.3, -0.25) is 5.10 Å². The molecule has 0 aliphatic carbocycles. The molecule has 0 saturated heterocycles. The molecule has 1 unspecified atom stereocenters. The second-order valence-corrected chi connectivity index (χ2v) is 4.10. The third kappa shape index (κ3) is 1.71. The van der Waals surface area contributed by atoms with Gasteiger partial charge in [-0.25, -0.2) is 0 Å². The number of rotatable bonds is 3. The van der Waals surface area contributed by atoms with Crippen LogP contribution in [0.2, 0.25) is 0 Å². The Kier molecular flexibility index (Phi) is 2.51. The third-order valence-corrected chi connectivity index (χ3v) is 2.73. The van der Waals surface area contributed by atoms with Gasteiger partial charge in [-0.2, -0.15) is 10.1 Å². The Morgan fingerprint density at radius 1 is 1.56 bits per heavy atom. The number of nitrogens with one attached hydrogen (secondary N) is 1. The first-order valence-electron chi connectivity index (χ1n) is 5.18. The molecule has 3 N–H and O–H groups in total. The Morgan fingerprint density at radius 2 is 2.31 bits per heavy atom. The van der Waals surface area contributed by atoms with E-state index in [-0.39, 0.29) is 0 Å². The summed E-state index contributed by atoms with van der Waals surface area (Å²) in [7, 11) is 0. The van der Waals surface area contributed by atoms with E-state index < -0.39 is 5.54 Å². The van der Waals surface area contributed by atoms with E-state index in [4.69, 9.17) is 10.3 Å². The molecule has 0 aromatic carbocycles. The molecular formula is C10H15N5O. The van der Waals surface area contributed by atoms with Crippen molar-refractivity contribution in [2.45, 2.75) is 32.7 Å². The van der Waals surface area contributed by atoms with Gasteiger partial charge in [0, 0.05) is 5.69 Å². The van der Waals surface area contributed by atoms with Gasteiger partial charge in [0.1, 0.15) is 0 Å². The molecule has 0 saturated carbocycles. The van der Waals surface area contributed by atoms with Gasteiger partial charge in [-0.05, 0) is 20.3 Å². The van der Waals surface area contributed by atoms with Crippen molar-refractivity contribution in [2.75, 3.05) is 0 Å². The predicted octanol–water partition coefficient (Wildman–Crippen LogP) is 1.35. The minimum atomic E-state index is -0.556. The summed E-state index contributed by atoms with van der Waals surface area (Å²) in [6.45, 7) is 5.76. The van der Waals surface area contributed by atoms with Crippen LogP contribution in [-0.4, -0.2) is 20.3 Å². The molecular weight excluding hydrogens is 206 g/mol. The molecule has 0 spiro atoms. The average Bonchev–Trinajstić information content (AvgIpc) is 2.85. The van der Waals surface area contributed by atoms with E-state index in [9.17, 15) is 0 Å². The molecule has 16 heavy (non-hydrogen) atoms. The maximum Gasteiger partial charge on any atom is 0.261 e. The monoisotopic (exact) mass is 221 g/mol. The summed E-state index contributed by atoms with van der Waals surface area (Å²) in [6.07, 6.45) is 2.41. The first kappa shape index (κ1) is 10.8. The number of aromatic nitrogens is 4. The minimum Gasteiger partial charge on any atom is -0.334 e. The fraction of sp³-hybridized carbons (Fsp3) is 0.500. The lowest BCUT2D eigenvalue weighted by Crippen LogP contribution is -2.33. The zero-order valence-corrected chi connectivity index (χ0v) is 9.61. The first-order valence-corrected chi connectivity index (χ1v) is 5.18. The summed E-state index contributed by atoms with van der Waals surface area (Å²) in [6, 6.07) is 0. The predicted molar refractivity (Wildman–Crippen MR) is 58.4 cm³/mol. The molecule has 2 aromatic rings. The van der Waals surface area contributed by atoms with Gasteiger partial charge in [0.15, 0.2) is 5.82 Å². The first-order chi connectivity index (χ1) is 7.54. The molecule has 2 heterocycles. The summed E-state index contributed by atoms with van der Waals surface area (Å²) in [5.74, 6) is 0.969. The molecule has 6 heteroatoms. The van der Waals surface area contributed by atoms with E-state index in [0.717, 1.165) is 17.7 Å². The minimum absolute atomic E-state index is 0.450. The Bertz CT molecular complexity index is 485. The number of nitrogens with two attached hydrogens (primary N) is 1. The quantitative estimate of drug-likeness (QED) is 0.816. The summed E-state index contributed by atoms with van der Waals surface area (Å²) in [4.78, 5) is 4.29. The number of aromatic amines is 1. The summed E-state index contributed by atoms with van der Waals surface area (Å²) in [5.41, 5.74) is 7.18. The van der Waals surface area contributed by atoms with Crippen LogP contribution in [0.25, 0.3) is 11.5 Å². The second-order valence-electron chi connectivity index (χ2n) is 4.10. The lowest BCUT2D eigenvalue weighted by molar-refractivity contribution is 0.379. The molecule has 0 aliphatic heterocycles. The van der Waals surface area contributed by atoms with Gasteiger partial charge < -0.3 is 10.3 Å². The Morgan fingerprint density at radius 3 is 2.88 bits per heavy atom. The van der Waals surface area contributed by atoms with Gasteiger partial charge in [0.2, 0.25) is 0 Å². The maximum atomic E-state index is 6.03. The van der Waals surface area contributed by atoms with Crippen molar-refractivity contribution < 1.29 is 4.52 Å². The van der Waals surface area contributed by atoms with Crippen LogP contribution in [0.5, 0.6) is 0 Å². The van der Waals surface area contributed by atoms with E-state index in [1.54, 1.807) is 6.20 Å². The standard InChI is InChI=1S/C10H15N5O/c1-4-10(3,11)9-13-8(16-15-9)7-5-12-14-6(7)2/h5H,4,11H2,1-3H3,(H,12,14). The van der Waals surface area contributed by atoms with Crippen LogP contribution in [0.4, 0.5) is 0 Å². The number of hydrogen-bond donors (Lipinski definition) is 2. The largest absolute Gasteiger partial charge is 0.334 e. The molecule has 0 bridgehead atoms. The molecule has 1 atom stereocenters. The maximum absolute atomic E-state index is 6.03. The van der Waals surface area contributed by atoms with Crippen LogP contribution in [0.3, 0.4) is 0 Å². The van der Waals surface area contributed by atoms with Crippen LogP contribution in [0.15, 0.2) is 10.7 Å². The van der Waals surface area contributed by atoms with Crippen molar-refractivity contribution >= 4 is 0 Å². The van der Waals surface area contributed by atoms with Crippen LogP contribution in [0.1, 0.15) is 31.8 Å². The van der Waals surface area contributed by atoms with Crippen molar-refractivity contribution in [1.29, 1.82) is 0 Å². The van der Waals surface area contributed by atoms with Crippen molar-refractivity contribution in [2.24, 2.45) is 5.73 Å². The molecule has 0 aliphatic rings. The van der Waals surface area contributed by atoms with Gasteiger partial charge >= 0.3 is 0 Å². The smallest absolute Gasteiger partial charge is 0.261 e. The lowest BCUT2D eigenvalue weighted by Gasteiger charge is -2.16. The van der Waals surface area contributed by atoms with E-state index in [1.807, 2.05) is 20.8 Å².